The second-order valence-electron chi connectivity index (χ2n) is 10.7. The van der Waals surface area contributed by atoms with Gasteiger partial charge >= 0.3 is 0 Å². The number of hydrogen-bond acceptors (Lipinski definition) is 5. The van der Waals surface area contributed by atoms with Crippen molar-refractivity contribution >= 4 is 24.0 Å². The van der Waals surface area contributed by atoms with Crippen LogP contribution in [-0.2, 0) is 9.59 Å². The molecule has 1 aliphatic carbocycles. The van der Waals surface area contributed by atoms with Crippen molar-refractivity contribution in [2.24, 2.45) is 5.92 Å². The third kappa shape index (κ3) is 8.61. The second-order valence-corrected chi connectivity index (χ2v) is 10.7. The van der Waals surface area contributed by atoms with Gasteiger partial charge in [0.1, 0.15) is 5.82 Å². The zero-order valence-corrected chi connectivity index (χ0v) is 23.2. The Bertz CT molecular complexity index is 1240. The first kappa shape index (κ1) is 28.2. The first-order valence-electron chi connectivity index (χ1n) is 13.9. The number of rotatable bonds is 10. The average Bonchev–Trinajstić information content (AvgIpc) is 3.45. The molecule has 1 aromatic carbocycles. The molecule has 1 saturated heterocycles. The lowest BCUT2D eigenvalue weighted by molar-refractivity contribution is -0.112. The predicted molar refractivity (Wildman–Crippen MR) is 157 cm³/mol. The molecule has 1 atom stereocenters. The SMILES string of the molecule is CC(C)C(C)c1cccc(-c2ccc(NC(=O)/C=C/CN3CCCC3)nc2)c1.O=CNc1cc(C2CC2)[nH]n1. The van der Waals surface area contributed by atoms with Gasteiger partial charge < -0.3 is 10.6 Å². The number of anilines is 2. The monoisotopic (exact) mass is 528 g/mol. The highest BCUT2D eigenvalue weighted by atomic mass is 16.1. The molecule has 0 spiro atoms. The molecule has 0 bridgehead atoms. The van der Waals surface area contributed by atoms with E-state index in [2.05, 4.69) is 75.8 Å². The lowest BCUT2D eigenvalue weighted by Crippen LogP contribution is -2.19. The molecule has 5 rings (SSSR count). The van der Waals surface area contributed by atoms with Gasteiger partial charge in [0.05, 0.1) is 0 Å². The van der Waals surface area contributed by atoms with E-state index >= 15 is 0 Å². The van der Waals surface area contributed by atoms with Crippen molar-refractivity contribution in [3.8, 4) is 11.1 Å². The molecular weight excluding hydrogens is 488 g/mol. The van der Waals surface area contributed by atoms with E-state index in [1.54, 1.807) is 6.08 Å². The maximum Gasteiger partial charge on any atom is 0.249 e. The molecule has 2 amide bonds. The minimum absolute atomic E-state index is 0.132. The van der Waals surface area contributed by atoms with Crippen molar-refractivity contribution in [2.75, 3.05) is 30.3 Å². The number of nitrogens with zero attached hydrogens (tertiary/aromatic N) is 3. The van der Waals surface area contributed by atoms with Gasteiger partial charge in [-0.15, -0.1) is 0 Å². The Morgan fingerprint density at radius 2 is 1.87 bits per heavy atom. The van der Waals surface area contributed by atoms with Crippen LogP contribution in [0.5, 0.6) is 0 Å². The molecular formula is C31H40N6O2. The highest BCUT2D eigenvalue weighted by Gasteiger charge is 2.25. The standard InChI is InChI=1S/C24H31N3O.C7H9N3O/c1-18(2)19(3)20-8-6-9-21(16-20)22-11-12-23(25-17-22)26-24(28)10-7-15-27-13-4-5-14-27;11-4-8-7-3-6(9-10-7)5-1-2-5/h6-12,16-19H,4-5,13-15H2,1-3H3,(H,25,26,28);3-5H,1-2H2,(H2,8,9,10,11)/b10-7+;. The van der Waals surface area contributed by atoms with E-state index in [4.69, 9.17) is 0 Å². The van der Waals surface area contributed by atoms with Crippen LogP contribution >= 0.6 is 0 Å². The Balaban J connectivity index is 0.000000265. The van der Waals surface area contributed by atoms with E-state index < -0.39 is 0 Å². The van der Waals surface area contributed by atoms with Crippen molar-refractivity contribution in [1.29, 1.82) is 0 Å². The molecule has 39 heavy (non-hydrogen) atoms. The van der Waals surface area contributed by atoms with Crippen LogP contribution in [-0.4, -0.2) is 52.0 Å². The molecule has 1 unspecified atom stereocenters. The zero-order valence-electron chi connectivity index (χ0n) is 23.2. The summed E-state index contributed by atoms with van der Waals surface area (Å²) in [7, 11) is 0. The summed E-state index contributed by atoms with van der Waals surface area (Å²) in [5, 5.41) is 12.1. The predicted octanol–water partition coefficient (Wildman–Crippen LogP) is 5.95. The van der Waals surface area contributed by atoms with Crippen LogP contribution < -0.4 is 10.6 Å². The van der Waals surface area contributed by atoms with Crippen molar-refractivity contribution in [1.82, 2.24) is 20.1 Å². The van der Waals surface area contributed by atoms with E-state index in [0.29, 0.717) is 35.8 Å². The molecule has 8 nitrogen and oxygen atoms in total. The number of aromatic amines is 1. The maximum absolute atomic E-state index is 12.1. The van der Waals surface area contributed by atoms with Crippen LogP contribution in [0, 0.1) is 5.92 Å². The topological polar surface area (TPSA) is 103 Å². The minimum atomic E-state index is -0.132. The van der Waals surface area contributed by atoms with Gasteiger partial charge in [-0.1, -0.05) is 51.1 Å². The van der Waals surface area contributed by atoms with Crippen molar-refractivity contribution in [3.05, 3.63) is 72.1 Å². The second kappa shape index (κ2) is 13.8. The van der Waals surface area contributed by atoms with Crippen LogP contribution in [0.1, 0.15) is 69.5 Å². The Morgan fingerprint density at radius 1 is 1.08 bits per heavy atom. The largest absolute Gasteiger partial charge is 0.312 e. The van der Waals surface area contributed by atoms with E-state index in [9.17, 15) is 9.59 Å². The Kier molecular flexibility index (Phi) is 10.0. The van der Waals surface area contributed by atoms with Crippen LogP contribution in [0.25, 0.3) is 11.1 Å². The minimum Gasteiger partial charge on any atom is -0.312 e. The molecule has 0 radical (unpaired) electrons. The number of hydrogen-bond donors (Lipinski definition) is 3. The molecule has 3 aromatic rings. The lowest BCUT2D eigenvalue weighted by atomic mass is 9.89. The van der Waals surface area contributed by atoms with Crippen LogP contribution in [0.2, 0.25) is 0 Å². The van der Waals surface area contributed by atoms with E-state index in [1.165, 1.54) is 31.2 Å². The molecule has 1 aliphatic heterocycles. The fourth-order valence-electron chi connectivity index (χ4n) is 4.54. The van der Waals surface area contributed by atoms with Crippen molar-refractivity contribution in [3.63, 3.8) is 0 Å². The van der Waals surface area contributed by atoms with Gasteiger partial charge in [0, 0.05) is 42.1 Å². The number of benzene rings is 1. The highest BCUT2D eigenvalue weighted by molar-refractivity contribution is 5.98. The summed E-state index contributed by atoms with van der Waals surface area (Å²) in [6.07, 6.45) is 11.0. The number of likely N-dealkylation sites (tertiary alicyclic amines) is 1. The Morgan fingerprint density at radius 3 is 2.54 bits per heavy atom. The highest BCUT2D eigenvalue weighted by Crippen LogP contribution is 2.39. The number of carbonyl (C=O) groups is 2. The fourth-order valence-corrected chi connectivity index (χ4v) is 4.54. The first-order chi connectivity index (χ1) is 18.9. The number of amides is 2. The number of H-pyrrole nitrogens is 1. The molecule has 206 valence electrons. The number of pyridine rings is 1. The molecule has 3 heterocycles. The van der Waals surface area contributed by atoms with Crippen LogP contribution in [0.15, 0.2) is 60.8 Å². The van der Waals surface area contributed by atoms with Gasteiger partial charge in [-0.3, -0.25) is 19.6 Å². The summed E-state index contributed by atoms with van der Waals surface area (Å²) in [4.78, 5) is 28.8. The van der Waals surface area contributed by atoms with Gasteiger partial charge in [-0.2, -0.15) is 5.10 Å². The van der Waals surface area contributed by atoms with E-state index in [1.807, 2.05) is 30.5 Å². The number of nitrogens with one attached hydrogen (secondary N) is 3. The molecule has 2 aliphatic rings. The quantitative estimate of drug-likeness (QED) is 0.223. The van der Waals surface area contributed by atoms with E-state index in [-0.39, 0.29) is 5.91 Å². The first-order valence-corrected chi connectivity index (χ1v) is 13.9. The smallest absolute Gasteiger partial charge is 0.249 e. The average molecular weight is 529 g/mol. The number of aromatic nitrogens is 3. The van der Waals surface area contributed by atoms with Crippen LogP contribution in [0.3, 0.4) is 0 Å². The summed E-state index contributed by atoms with van der Waals surface area (Å²) >= 11 is 0. The van der Waals surface area contributed by atoms with Gasteiger partial charge in [0.15, 0.2) is 5.82 Å². The molecule has 2 fully saturated rings. The molecule has 2 aromatic heterocycles. The van der Waals surface area contributed by atoms with Gasteiger partial charge in [-0.05, 0) is 73.9 Å². The van der Waals surface area contributed by atoms with E-state index in [0.717, 1.165) is 36.5 Å². The summed E-state index contributed by atoms with van der Waals surface area (Å²) in [5.41, 5.74) is 4.68. The van der Waals surface area contributed by atoms with Crippen molar-refractivity contribution < 1.29 is 9.59 Å². The van der Waals surface area contributed by atoms with Crippen LogP contribution in [0.4, 0.5) is 11.6 Å². The summed E-state index contributed by atoms with van der Waals surface area (Å²) in [6, 6.07) is 14.4. The summed E-state index contributed by atoms with van der Waals surface area (Å²) in [5.74, 6) is 2.83. The molecule has 1 saturated carbocycles. The number of carbonyl (C=O) groups excluding carboxylic acids is 2. The van der Waals surface area contributed by atoms with Crippen molar-refractivity contribution in [2.45, 2.75) is 58.3 Å². The normalized spacial score (nSPS) is 16.1. The maximum atomic E-state index is 12.1. The zero-order chi connectivity index (χ0) is 27.6. The summed E-state index contributed by atoms with van der Waals surface area (Å²) in [6.45, 7) is 9.85. The lowest BCUT2D eigenvalue weighted by Gasteiger charge is -2.17. The molecule has 8 heteroatoms. The van der Waals surface area contributed by atoms with Gasteiger partial charge in [0.25, 0.3) is 0 Å². The third-order valence-corrected chi connectivity index (χ3v) is 7.41. The molecule has 3 N–H and O–H groups in total. The Hall–Kier alpha value is -3.78. The van der Waals surface area contributed by atoms with Gasteiger partial charge in [0.2, 0.25) is 12.3 Å². The fraction of sp³-hybridized carbons (Fsp3) is 0.419. The van der Waals surface area contributed by atoms with Gasteiger partial charge in [-0.25, -0.2) is 4.98 Å². The third-order valence-electron chi connectivity index (χ3n) is 7.41. The summed E-state index contributed by atoms with van der Waals surface area (Å²) < 4.78 is 0. The Labute approximate surface area is 231 Å².